The van der Waals surface area contributed by atoms with Crippen molar-refractivity contribution in [3.63, 3.8) is 0 Å². The second-order valence-corrected chi connectivity index (χ2v) is 8.32. The first-order valence-corrected chi connectivity index (χ1v) is 10.6. The first-order valence-electron chi connectivity index (χ1n) is 9.80. The van der Waals surface area contributed by atoms with Crippen molar-refractivity contribution >= 4 is 33.3 Å². The second-order valence-electron chi connectivity index (χ2n) is 7.40. The van der Waals surface area contributed by atoms with Crippen molar-refractivity contribution in [2.45, 2.75) is 19.8 Å². The fourth-order valence-electron chi connectivity index (χ4n) is 3.52. The van der Waals surface area contributed by atoms with E-state index in [9.17, 15) is 4.79 Å². The highest BCUT2D eigenvalue weighted by Crippen LogP contribution is 2.25. The van der Waals surface area contributed by atoms with E-state index in [1.807, 2.05) is 36.4 Å². The molecule has 0 bridgehead atoms. The molecule has 0 saturated carbocycles. The number of carbonyl (C=O) groups excluding carboxylic acids is 1. The van der Waals surface area contributed by atoms with E-state index in [1.54, 1.807) is 0 Å². The van der Waals surface area contributed by atoms with E-state index in [0.717, 1.165) is 53.2 Å². The zero-order valence-electron chi connectivity index (χ0n) is 16.3. The Morgan fingerprint density at radius 2 is 1.66 bits per heavy atom. The number of amides is 1. The second kappa shape index (κ2) is 8.74. The van der Waals surface area contributed by atoms with Gasteiger partial charge in [0.15, 0.2) is 5.82 Å². The van der Waals surface area contributed by atoms with Gasteiger partial charge in [-0.2, -0.15) is 0 Å². The number of hydrogen-bond donors (Lipinski definition) is 1. The molecule has 1 amide bonds. The van der Waals surface area contributed by atoms with E-state index < -0.39 is 0 Å². The molecule has 1 aliphatic heterocycles. The summed E-state index contributed by atoms with van der Waals surface area (Å²) in [6.07, 6.45) is 1.62. The lowest BCUT2D eigenvalue weighted by molar-refractivity contribution is -0.120. The topological polar surface area (TPSA) is 58.1 Å². The van der Waals surface area contributed by atoms with Gasteiger partial charge in [0.05, 0.1) is 5.69 Å². The summed E-state index contributed by atoms with van der Waals surface area (Å²) >= 11 is 3.41. The van der Waals surface area contributed by atoms with Crippen LogP contribution in [0.4, 0.5) is 11.5 Å². The number of anilines is 2. The van der Waals surface area contributed by atoms with Crippen molar-refractivity contribution in [2.75, 3.05) is 23.3 Å². The molecule has 3 aromatic rings. The molecule has 0 radical (unpaired) electrons. The summed E-state index contributed by atoms with van der Waals surface area (Å²) in [5.41, 5.74) is 4.00. The number of benzene rings is 2. The lowest BCUT2D eigenvalue weighted by Gasteiger charge is -2.31. The van der Waals surface area contributed by atoms with Crippen molar-refractivity contribution in [1.29, 1.82) is 0 Å². The zero-order valence-corrected chi connectivity index (χ0v) is 17.9. The predicted octanol–water partition coefficient (Wildman–Crippen LogP) is 5.07. The summed E-state index contributed by atoms with van der Waals surface area (Å²) in [6.45, 7) is 3.68. The largest absolute Gasteiger partial charge is 0.355 e. The average molecular weight is 451 g/mol. The third-order valence-corrected chi connectivity index (χ3v) is 5.83. The molecular weight excluding hydrogens is 428 g/mol. The predicted molar refractivity (Wildman–Crippen MR) is 120 cm³/mol. The number of halogens is 1. The molecular formula is C23H23BrN4O. The van der Waals surface area contributed by atoms with Crippen molar-refractivity contribution in [1.82, 2.24) is 10.2 Å². The van der Waals surface area contributed by atoms with Crippen LogP contribution in [-0.2, 0) is 4.79 Å². The van der Waals surface area contributed by atoms with Crippen LogP contribution < -0.4 is 10.2 Å². The van der Waals surface area contributed by atoms with Crippen LogP contribution in [0.3, 0.4) is 0 Å². The van der Waals surface area contributed by atoms with Gasteiger partial charge in [-0.3, -0.25) is 4.79 Å². The minimum atomic E-state index is 0.0229. The van der Waals surface area contributed by atoms with Gasteiger partial charge in [-0.05, 0) is 56.2 Å². The van der Waals surface area contributed by atoms with Crippen LogP contribution in [-0.4, -0.2) is 29.2 Å². The Balaban J connectivity index is 1.33. The SMILES string of the molecule is Cc1ccc(-c2ccc(N3CCC(C(=O)Nc4ccc(Br)cc4)CC3)nn2)cc1. The summed E-state index contributed by atoms with van der Waals surface area (Å²) in [7, 11) is 0. The highest BCUT2D eigenvalue weighted by molar-refractivity contribution is 9.10. The van der Waals surface area contributed by atoms with E-state index in [2.05, 4.69) is 67.5 Å². The van der Waals surface area contributed by atoms with Gasteiger partial charge in [0, 0.05) is 34.7 Å². The molecule has 1 N–H and O–H groups in total. The number of nitrogens with zero attached hydrogens (tertiary/aromatic N) is 3. The van der Waals surface area contributed by atoms with Gasteiger partial charge < -0.3 is 10.2 Å². The first kappa shape index (κ1) is 19.6. The van der Waals surface area contributed by atoms with Crippen molar-refractivity contribution < 1.29 is 4.79 Å². The van der Waals surface area contributed by atoms with Crippen molar-refractivity contribution in [2.24, 2.45) is 5.92 Å². The zero-order chi connectivity index (χ0) is 20.2. The molecule has 6 heteroatoms. The van der Waals surface area contributed by atoms with E-state index in [4.69, 9.17) is 0 Å². The molecule has 1 saturated heterocycles. The summed E-state index contributed by atoms with van der Waals surface area (Å²) < 4.78 is 0.998. The minimum absolute atomic E-state index is 0.0229. The number of rotatable bonds is 4. The molecule has 0 aliphatic carbocycles. The van der Waals surface area contributed by atoms with Crippen molar-refractivity contribution in [3.8, 4) is 11.3 Å². The van der Waals surface area contributed by atoms with Gasteiger partial charge in [0.1, 0.15) is 0 Å². The van der Waals surface area contributed by atoms with Crippen LogP contribution in [0.15, 0.2) is 65.1 Å². The van der Waals surface area contributed by atoms with Gasteiger partial charge in [-0.25, -0.2) is 0 Å². The molecule has 0 spiro atoms. The monoisotopic (exact) mass is 450 g/mol. The van der Waals surface area contributed by atoms with Gasteiger partial charge in [-0.1, -0.05) is 45.8 Å². The Morgan fingerprint density at radius 1 is 0.966 bits per heavy atom. The van der Waals surface area contributed by atoms with Crippen molar-refractivity contribution in [3.05, 3.63) is 70.7 Å². The Hall–Kier alpha value is -2.73. The highest BCUT2D eigenvalue weighted by atomic mass is 79.9. The van der Waals surface area contributed by atoms with Gasteiger partial charge in [0.2, 0.25) is 5.91 Å². The van der Waals surface area contributed by atoms with Crippen LogP contribution in [0.1, 0.15) is 18.4 Å². The van der Waals surface area contributed by atoms with E-state index in [0.29, 0.717) is 0 Å². The molecule has 2 heterocycles. The first-order chi connectivity index (χ1) is 14.1. The summed E-state index contributed by atoms with van der Waals surface area (Å²) in [5, 5.41) is 11.8. The van der Waals surface area contributed by atoms with E-state index in [1.165, 1.54) is 5.56 Å². The van der Waals surface area contributed by atoms with Crippen LogP contribution in [0.25, 0.3) is 11.3 Å². The quantitative estimate of drug-likeness (QED) is 0.602. The maximum atomic E-state index is 12.6. The van der Waals surface area contributed by atoms with Gasteiger partial charge in [0.25, 0.3) is 0 Å². The van der Waals surface area contributed by atoms with Gasteiger partial charge >= 0.3 is 0 Å². The van der Waals surface area contributed by atoms with E-state index >= 15 is 0 Å². The number of aromatic nitrogens is 2. The molecule has 5 nitrogen and oxygen atoms in total. The molecule has 1 aromatic heterocycles. The number of carbonyl (C=O) groups is 1. The Bertz CT molecular complexity index is 963. The van der Waals surface area contributed by atoms with E-state index in [-0.39, 0.29) is 11.8 Å². The molecule has 4 rings (SSSR count). The molecule has 1 fully saturated rings. The Morgan fingerprint density at radius 3 is 2.28 bits per heavy atom. The van der Waals surface area contributed by atoms with Gasteiger partial charge in [-0.15, -0.1) is 10.2 Å². The molecule has 1 aliphatic rings. The molecule has 2 aromatic carbocycles. The third-order valence-electron chi connectivity index (χ3n) is 5.30. The summed E-state index contributed by atoms with van der Waals surface area (Å²) in [4.78, 5) is 14.8. The Labute approximate surface area is 179 Å². The fourth-order valence-corrected chi connectivity index (χ4v) is 3.78. The molecule has 0 atom stereocenters. The van der Waals surface area contributed by atoms with Crippen LogP contribution >= 0.6 is 15.9 Å². The van der Waals surface area contributed by atoms with Crippen LogP contribution in [0.5, 0.6) is 0 Å². The normalized spacial score (nSPS) is 14.6. The molecule has 0 unspecified atom stereocenters. The number of aryl methyl sites for hydroxylation is 1. The lowest BCUT2D eigenvalue weighted by Crippen LogP contribution is -2.38. The third kappa shape index (κ3) is 4.82. The number of nitrogens with one attached hydrogen (secondary N) is 1. The molecule has 148 valence electrons. The summed E-state index contributed by atoms with van der Waals surface area (Å²) in [6, 6.07) is 20.0. The number of piperidine rings is 1. The maximum Gasteiger partial charge on any atom is 0.227 e. The fraction of sp³-hybridized carbons (Fsp3) is 0.261. The highest BCUT2D eigenvalue weighted by Gasteiger charge is 2.25. The average Bonchev–Trinajstić information content (AvgIpc) is 2.76. The Kier molecular flexibility index (Phi) is 5.90. The van der Waals surface area contributed by atoms with Crippen LogP contribution in [0.2, 0.25) is 0 Å². The standard InChI is InChI=1S/C23H23BrN4O/c1-16-2-4-17(5-3-16)21-10-11-22(27-26-21)28-14-12-18(13-15-28)23(29)25-20-8-6-19(24)7-9-20/h2-11,18H,12-15H2,1H3,(H,25,29). The smallest absolute Gasteiger partial charge is 0.227 e. The summed E-state index contributed by atoms with van der Waals surface area (Å²) in [5.74, 6) is 0.982. The molecule has 29 heavy (non-hydrogen) atoms. The number of hydrogen-bond acceptors (Lipinski definition) is 4. The van der Waals surface area contributed by atoms with Crippen LogP contribution in [0, 0.1) is 12.8 Å². The lowest BCUT2D eigenvalue weighted by atomic mass is 9.96. The minimum Gasteiger partial charge on any atom is -0.355 e. The maximum absolute atomic E-state index is 12.6.